The average molecular weight is 408 g/mol. The molecule has 1 aromatic heterocycles. The predicted octanol–water partition coefficient (Wildman–Crippen LogP) is 2.51. The summed E-state index contributed by atoms with van der Waals surface area (Å²) in [6.45, 7) is -0.268. The Labute approximate surface area is 153 Å². The molecule has 1 amide bonds. The monoisotopic (exact) mass is 407 g/mol. The molecule has 0 aliphatic heterocycles. The van der Waals surface area contributed by atoms with Gasteiger partial charge in [-0.15, -0.1) is 0 Å². The second kappa shape index (κ2) is 7.60. The minimum atomic E-state index is -4.60. The number of primary amides is 1. The first-order valence-electron chi connectivity index (χ1n) is 7.00. The Morgan fingerprint density at radius 2 is 1.96 bits per heavy atom. The van der Waals surface area contributed by atoms with E-state index in [1.54, 1.807) is 0 Å². The molecule has 1 atom stereocenters. The maximum atomic E-state index is 13.0. The van der Waals surface area contributed by atoms with Crippen molar-refractivity contribution in [2.75, 3.05) is 0 Å². The molecule has 0 saturated heterocycles. The van der Waals surface area contributed by atoms with Crippen LogP contribution >= 0.6 is 11.6 Å². The Balaban J connectivity index is 2.59. The lowest BCUT2D eigenvalue weighted by molar-refractivity contribution is -0.137. The van der Waals surface area contributed by atoms with Crippen LogP contribution in [0.2, 0.25) is 5.02 Å². The second-order valence-corrected chi connectivity index (χ2v) is 6.73. The first kappa shape index (κ1) is 20.1. The summed E-state index contributed by atoms with van der Waals surface area (Å²) in [7, 11) is 0. The number of rotatable bonds is 5. The van der Waals surface area contributed by atoms with Crippen molar-refractivity contribution in [3.05, 3.63) is 63.2 Å². The summed E-state index contributed by atoms with van der Waals surface area (Å²) in [6.07, 6.45) is -3.34. The van der Waals surface area contributed by atoms with E-state index in [9.17, 15) is 22.2 Å². The molecule has 0 aliphatic carbocycles. The Morgan fingerprint density at radius 3 is 2.50 bits per heavy atom. The molecule has 0 fully saturated rings. The molecule has 0 aliphatic rings. The highest BCUT2D eigenvalue weighted by Crippen LogP contribution is 2.31. The highest BCUT2D eigenvalue weighted by Gasteiger charge is 2.31. The number of nitrogens with two attached hydrogens (primary N) is 1. The van der Waals surface area contributed by atoms with E-state index in [0.717, 1.165) is 22.8 Å². The van der Waals surface area contributed by atoms with Crippen molar-refractivity contribution < 1.29 is 26.7 Å². The van der Waals surface area contributed by atoms with Crippen LogP contribution in [-0.4, -0.2) is 19.2 Å². The first-order chi connectivity index (χ1) is 12.0. The van der Waals surface area contributed by atoms with E-state index >= 15 is 0 Å². The molecule has 2 rings (SSSR count). The van der Waals surface area contributed by atoms with Gasteiger partial charge in [0.05, 0.1) is 21.9 Å². The van der Waals surface area contributed by atoms with Crippen LogP contribution in [0.3, 0.4) is 0 Å². The number of carbonyl (C=O) groups is 1. The van der Waals surface area contributed by atoms with Gasteiger partial charge in [0.1, 0.15) is 5.49 Å². The van der Waals surface area contributed by atoms with Gasteiger partial charge in [-0.1, -0.05) is 17.7 Å². The van der Waals surface area contributed by atoms with Crippen LogP contribution in [0.1, 0.15) is 27.0 Å². The van der Waals surface area contributed by atoms with E-state index in [4.69, 9.17) is 27.3 Å². The van der Waals surface area contributed by atoms with Crippen LogP contribution in [0.15, 0.2) is 30.5 Å². The van der Waals surface area contributed by atoms with Gasteiger partial charge in [-0.3, -0.25) is 10.2 Å². The molecule has 26 heavy (non-hydrogen) atoms. The SMILES string of the molecule is N=c1c(C(N)=O)cc(Cl)cn1Cc1cc(C(F)(F)F)ccc1CS(=O)O. The highest BCUT2D eigenvalue weighted by atomic mass is 35.5. The van der Waals surface area contributed by atoms with E-state index in [-0.39, 0.29) is 39.5 Å². The van der Waals surface area contributed by atoms with Gasteiger partial charge in [0.2, 0.25) is 0 Å². The van der Waals surface area contributed by atoms with E-state index < -0.39 is 28.7 Å². The Hall–Kier alpha value is -2.17. The normalized spacial score (nSPS) is 12.8. The molecular weight excluding hydrogens is 395 g/mol. The maximum Gasteiger partial charge on any atom is 0.416 e. The smallest absolute Gasteiger partial charge is 0.365 e. The summed E-state index contributed by atoms with van der Waals surface area (Å²) in [5.41, 5.74) is 3.96. The number of amides is 1. The number of halogens is 4. The van der Waals surface area contributed by atoms with Crippen molar-refractivity contribution in [3.8, 4) is 0 Å². The van der Waals surface area contributed by atoms with E-state index in [1.807, 2.05) is 0 Å². The molecule has 11 heteroatoms. The van der Waals surface area contributed by atoms with E-state index in [2.05, 4.69) is 0 Å². The van der Waals surface area contributed by atoms with Crippen molar-refractivity contribution in [1.82, 2.24) is 4.57 Å². The molecular formula is C15H13ClF3N3O3S. The predicted molar refractivity (Wildman–Crippen MR) is 88.8 cm³/mol. The summed E-state index contributed by atoms with van der Waals surface area (Å²) in [5, 5.41) is 8.05. The second-order valence-electron chi connectivity index (χ2n) is 5.36. The zero-order chi connectivity index (χ0) is 19.6. The average Bonchev–Trinajstić information content (AvgIpc) is 2.50. The minimum Gasteiger partial charge on any atom is -0.365 e. The third kappa shape index (κ3) is 4.71. The van der Waals surface area contributed by atoms with Gasteiger partial charge in [0.25, 0.3) is 5.91 Å². The summed E-state index contributed by atoms with van der Waals surface area (Å²) in [6, 6.07) is 3.93. The van der Waals surface area contributed by atoms with Crippen LogP contribution < -0.4 is 11.2 Å². The number of benzene rings is 1. The Morgan fingerprint density at radius 1 is 1.31 bits per heavy atom. The van der Waals surface area contributed by atoms with Gasteiger partial charge in [0, 0.05) is 12.7 Å². The van der Waals surface area contributed by atoms with E-state index in [1.165, 1.54) is 12.3 Å². The van der Waals surface area contributed by atoms with Gasteiger partial charge in [-0.2, -0.15) is 13.2 Å². The van der Waals surface area contributed by atoms with E-state index in [0.29, 0.717) is 0 Å². The van der Waals surface area contributed by atoms with Gasteiger partial charge in [0.15, 0.2) is 11.1 Å². The van der Waals surface area contributed by atoms with Gasteiger partial charge in [-0.25, -0.2) is 4.21 Å². The summed E-state index contributed by atoms with van der Waals surface area (Å²) in [5.74, 6) is -1.29. The fourth-order valence-corrected chi connectivity index (χ4v) is 3.11. The third-order valence-electron chi connectivity index (χ3n) is 3.52. The number of hydrogen-bond donors (Lipinski definition) is 3. The molecule has 1 heterocycles. The number of hydrogen-bond acceptors (Lipinski definition) is 3. The van der Waals surface area contributed by atoms with Crippen molar-refractivity contribution in [2.45, 2.75) is 18.5 Å². The minimum absolute atomic E-state index is 0.0639. The maximum absolute atomic E-state index is 13.0. The quantitative estimate of drug-likeness (QED) is 0.662. The molecule has 6 nitrogen and oxygen atoms in total. The lowest BCUT2D eigenvalue weighted by Crippen LogP contribution is -2.30. The topological polar surface area (TPSA) is 109 Å². The zero-order valence-electron chi connectivity index (χ0n) is 13.0. The van der Waals surface area contributed by atoms with Crippen LogP contribution in [0.25, 0.3) is 0 Å². The number of pyridine rings is 1. The van der Waals surface area contributed by atoms with Crippen molar-refractivity contribution in [3.63, 3.8) is 0 Å². The van der Waals surface area contributed by atoms with Crippen LogP contribution in [0.4, 0.5) is 13.2 Å². The number of carbonyl (C=O) groups excluding carboxylic acids is 1. The third-order valence-corrected chi connectivity index (χ3v) is 4.29. The van der Waals surface area contributed by atoms with Crippen molar-refractivity contribution in [2.24, 2.45) is 5.73 Å². The fraction of sp³-hybridized carbons (Fsp3) is 0.200. The number of alkyl halides is 3. The number of nitrogens with one attached hydrogen (secondary N) is 1. The van der Waals surface area contributed by atoms with Crippen LogP contribution in [0.5, 0.6) is 0 Å². The van der Waals surface area contributed by atoms with Crippen LogP contribution in [-0.2, 0) is 29.6 Å². The summed E-state index contributed by atoms with van der Waals surface area (Å²) in [4.78, 5) is 11.4. The molecule has 1 aromatic carbocycles. The lowest BCUT2D eigenvalue weighted by atomic mass is 10.0. The molecule has 140 valence electrons. The zero-order valence-corrected chi connectivity index (χ0v) is 14.6. The largest absolute Gasteiger partial charge is 0.416 e. The van der Waals surface area contributed by atoms with Gasteiger partial charge in [-0.05, 0) is 29.3 Å². The number of nitrogens with zero attached hydrogens (tertiary/aromatic N) is 1. The van der Waals surface area contributed by atoms with Gasteiger partial charge < -0.3 is 14.9 Å². The lowest BCUT2D eigenvalue weighted by Gasteiger charge is -2.15. The Kier molecular flexibility index (Phi) is 5.89. The highest BCUT2D eigenvalue weighted by molar-refractivity contribution is 7.78. The first-order valence-corrected chi connectivity index (χ1v) is 8.65. The molecule has 0 bridgehead atoms. The molecule has 0 radical (unpaired) electrons. The molecule has 1 unspecified atom stereocenters. The summed E-state index contributed by atoms with van der Waals surface area (Å²) < 4.78 is 60.2. The molecule has 0 spiro atoms. The number of aromatic nitrogens is 1. The molecule has 0 saturated carbocycles. The molecule has 4 N–H and O–H groups in total. The standard InChI is InChI=1S/C15H13ClF3N3O3S/c16-11-4-12(14(21)23)13(20)22(6-11)5-9-3-10(15(17,18)19)2-1-8(9)7-26(24)25/h1-4,6,20H,5,7H2,(H2,21,23)(H,24,25). The van der Waals surface area contributed by atoms with Crippen LogP contribution in [0, 0.1) is 5.41 Å². The molecule has 2 aromatic rings. The fourth-order valence-electron chi connectivity index (χ4n) is 2.33. The Bertz CT molecular complexity index is 944. The van der Waals surface area contributed by atoms with Crippen molar-refractivity contribution in [1.29, 1.82) is 5.41 Å². The van der Waals surface area contributed by atoms with Crippen molar-refractivity contribution >= 4 is 28.6 Å². The summed E-state index contributed by atoms with van der Waals surface area (Å²) >= 11 is 3.61. The van der Waals surface area contributed by atoms with Gasteiger partial charge >= 0.3 is 6.18 Å².